The number of halogens is 1. The summed E-state index contributed by atoms with van der Waals surface area (Å²) in [6.45, 7) is 1.48. The summed E-state index contributed by atoms with van der Waals surface area (Å²) < 4.78 is 27.5. The maximum absolute atomic E-state index is 11.9. The fourth-order valence-corrected chi connectivity index (χ4v) is 3.18. The molecular weight excluding hydrogens is 368 g/mol. The lowest BCUT2D eigenvalue weighted by Gasteiger charge is -2.31. The molecule has 1 heterocycles. The molecule has 1 aromatic carbocycles. The number of sulfonamides is 1. The second kappa shape index (κ2) is 9.02. The Bertz CT molecular complexity index is 701. The molecule has 10 heteroatoms. The van der Waals surface area contributed by atoms with Gasteiger partial charge in [-0.15, -0.1) is 12.4 Å². The summed E-state index contributed by atoms with van der Waals surface area (Å²) in [5, 5.41) is 12.4. The molecule has 1 aromatic rings. The second-order valence-electron chi connectivity index (χ2n) is 5.84. The van der Waals surface area contributed by atoms with Crippen LogP contribution in [0.2, 0.25) is 0 Å². The van der Waals surface area contributed by atoms with E-state index in [2.05, 4.69) is 0 Å². The van der Waals surface area contributed by atoms with E-state index in [-0.39, 0.29) is 29.2 Å². The minimum Gasteiger partial charge on any atom is -0.427 e. The van der Waals surface area contributed by atoms with Crippen molar-refractivity contribution in [1.82, 2.24) is 4.90 Å². The molecule has 0 bridgehead atoms. The van der Waals surface area contributed by atoms with E-state index in [4.69, 9.17) is 21.0 Å². The summed E-state index contributed by atoms with van der Waals surface area (Å²) >= 11 is 0. The fourth-order valence-electron chi connectivity index (χ4n) is 2.66. The van der Waals surface area contributed by atoms with E-state index < -0.39 is 10.0 Å². The predicted molar refractivity (Wildman–Crippen MR) is 96.1 cm³/mol. The van der Waals surface area contributed by atoms with Gasteiger partial charge in [0.05, 0.1) is 4.90 Å². The van der Waals surface area contributed by atoms with Gasteiger partial charge in [-0.1, -0.05) is 0 Å². The van der Waals surface area contributed by atoms with Gasteiger partial charge in [0.2, 0.25) is 10.0 Å². The first-order valence-electron chi connectivity index (χ1n) is 7.68. The Balaban J connectivity index is 0.00000312. The van der Waals surface area contributed by atoms with E-state index in [1.807, 2.05) is 4.90 Å². The number of nitrogens with one attached hydrogen (secondary N) is 1. The zero-order valence-electron chi connectivity index (χ0n) is 13.7. The van der Waals surface area contributed by atoms with E-state index in [9.17, 15) is 13.2 Å². The summed E-state index contributed by atoms with van der Waals surface area (Å²) in [6.07, 6.45) is 2.81. The van der Waals surface area contributed by atoms with Crippen LogP contribution in [0, 0.1) is 11.3 Å². The Hall–Kier alpha value is -1.84. The second-order valence-corrected chi connectivity index (χ2v) is 7.41. The highest BCUT2D eigenvalue weighted by Gasteiger charge is 2.21. The number of benzene rings is 1. The van der Waals surface area contributed by atoms with Crippen molar-refractivity contribution in [2.45, 2.75) is 30.6 Å². The van der Waals surface area contributed by atoms with Crippen molar-refractivity contribution in [3.63, 3.8) is 0 Å². The topological polar surface area (TPSA) is 140 Å². The average molecular weight is 391 g/mol. The van der Waals surface area contributed by atoms with Crippen molar-refractivity contribution in [3.05, 3.63) is 24.3 Å². The van der Waals surface area contributed by atoms with E-state index in [1.54, 1.807) is 0 Å². The minimum atomic E-state index is -3.75. The minimum absolute atomic E-state index is 0. The largest absolute Gasteiger partial charge is 0.427 e. The lowest BCUT2D eigenvalue weighted by molar-refractivity contribution is -0.134. The van der Waals surface area contributed by atoms with Gasteiger partial charge < -0.3 is 15.4 Å². The summed E-state index contributed by atoms with van der Waals surface area (Å²) in [5.74, 6) is 0.444. The first-order chi connectivity index (χ1) is 11.3. The Kier molecular flexibility index (Phi) is 7.65. The first-order valence-corrected chi connectivity index (χ1v) is 9.23. The number of carbonyl (C=O) groups is 1. The SMILES string of the molecule is Cl.N=C(N)N1CCC(CCC(=O)Oc2ccc(S(N)(=O)=O)cc2)CC1. The number of likely N-dealkylation sites (tertiary alicyclic amines) is 1. The number of nitrogens with two attached hydrogens (primary N) is 2. The lowest BCUT2D eigenvalue weighted by atomic mass is 9.92. The standard InChI is InChI=1S/C15H22N4O4S.ClH/c16-15(17)19-9-7-11(8-10-19)1-6-14(20)23-12-2-4-13(5-3-12)24(18,21)22;/h2-5,11H,1,6-10H2,(H3,16,17)(H2,18,21,22);1H. The number of primary sulfonamides is 1. The van der Waals surface area contributed by atoms with E-state index in [0.29, 0.717) is 18.1 Å². The molecule has 0 aliphatic carbocycles. The number of guanidine groups is 1. The van der Waals surface area contributed by atoms with Gasteiger partial charge in [0.1, 0.15) is 5.75 Å². The molecule has 0 saturated carbocycles. The van der Waals surface area contributed by atoms with E-state index in [1.165, 1.54) is 24.3 Å². The number of carbonyl (C=O) groups excluding carboxylic acids is 1. The number of hydrogen-bond acceptors (Lipinski definition) is 5. The van der Waals surface area contributed by atoms with Gasteiger partial charge in [-0.2, -0.15) is 0 Å². The Labute approximate surface area is 153 Å². The summed E-state index contributed by atoms with van der Waals surface area (Å²) in [5.41, 5.74) is 5.45. The van der Waals surface area contributed by atoms with Crippen LogP contribution in [0.1, 0.15) is 25.7 Å². The molecule has 0 radical (unpaired) electrons. The third-order valence-corrected chi connectivity index (χ3v) is 5.03. The van der Waals surface area contributed by atoms with Crippen LogP contribution in [0.5, 0.6) is 5.75 Å². The van der Waals surface area contributed by atoms with Gasteiger partial charge in [0.25, 0.3) is 0 Å². The van der Waals surface area contributed by atoms with Gasteiger partial charge in [-0.05, 0) is 49.4 Å². The molecule has 1 aliphatic heterocycles. The van der Waals surface area contributed by atoms with Gasteiger partial charge >= 0.3 is 5.97 Å². The molecule has 0 amide bonds. The number of rotatable bonds is 5. The van der Waals surface area contributed by atoms with E-state index in [0.717, 1.165) is 32.4 Å². The maximum Gasteiger partial charge on any atom is 0.311 e. The normalized spacial score (nSPS) is 15.3. The summed E-state index contributed by atoms with van der Waals surface area (Å²) in [4.78, 5) is 13.7. The van der Waals surface area contributed by atoms with Crippen molar-refractivity contribution in [1.29, 1.82) is 5.41 Å². The number of nitrogens with zero attached hydrogens (tertiary/aromatic N) is 1. The van der Waals surface area contributed by atoms with Gasteiger partial charge in [-0.25, -0.2) is 13.6 Å². The van der Waals surface area contributed by atoms with Crippen LogP contribution < -0.4 is 15.6 Å². The summed E-state index contributed by atoms with van der Waals surface area (Å²) in [7, 11) is -3.75. The molecule has 25 heavy (non-hydrogen) atoms. The van der Waals surface area contributed by atoms with Crippen molar-refractivity contribution >= 4 is 34.4 Å². The number of hydrogen-bond donors (Lipinski definition) is 3. The molecule has 8 nitrogen and oxygen atoms in total. The van der Waals surface area contributed by atoms with E-state index >= 15 is 0 Å². The lowest BCUT2D eigenvalue weighted by Crippen LogP contribution is -2.42. The van der Waals surface area contributed by atoms with Crippen LogP contribution in [-0.4, -0.2) is 38.3 Å². The van der Waals surface area contributed by atoms with Crippen molar-refractivity contribution in [3.8, 4) is 5.75 Å². The number of esters is 1. The molecular formula is C15H23ClN4O4S. The highest BCUT2D eigenvalue weighted by atomic mass is 35.5. The third kappa shape index (κ3) is 6.52. The van der Waals surface area contributed by atoms with Crippen LogP contribution in [0.25, 0.3) is 0 Å². The molecule has 0 spiro atoms. The average Bonchev–Trinajstić information content (AvgIpc) is 2.53. The molecule has 0 atom stereocenters. The molecule has 0 unspecified atom stereocenters. The molecule has 1 fully saturated rings. The molecule has 0 aromatic heterocycles. The Morgan fingerprint density at radius 2 is 1.80 bits per heavy atom. The van der Waals surface area contributed by atoms with Gasteiger partial charge in [0, 0.05) is 19.5 Å². The van der Waals surface area contributed by atoms with Crippen molar-refractivity contribution in [2.24, 2.45) is 16.8 Å². The van der Waals surface area contributed by atoms with Crippen molar-refractivity contribution < 1.29 is 17.9 Å². The fraction of sp³-hybridized carbons (Fsp3) is 0.467. The molecule has 140 valence electrons. The van der Waals surface area contributed by atoms with Gasteiger partial charge in [-0.3, -0.25) is 10.2 Å². The molecule has 1 aliphatic rings. The van der Waals surface area contributed by atoms with Crippen LogP contribution in [0.15, 0.2) is 29.2 Å². The Morgan fingerprint density at radius 3 is 2.28 bits per heavy atom. The third-order valence-electron chi connectivity index (χ3n) is 4.10. The maximum atomic E-state index is 11.9. The Morgan fingerprint density at radius 1 is 1.24 bits per heavy atom. The zero-order chi connectivity index (χ0) is 17.7. The molecule has 5 N–H and O–H groups in total. The van der Waals surface area contributed by atoms with Crippen LogP contribution in [0.4, 0.5) is 0 Å². The van der Waals surface area contributed by atoms with Crippen LogP contribution in [-0.2, 0) is 14.8 Å². The monoisotopic (exact) mass is 390 g/mol. The van der Waals surface area contributed by atoms with Crippen LogP contribution in [0.3, 0.4) is 0 Å². The number of piperidine rings is 1. The highest BCUT2D eigenvalue weighted by Crippen LogP contribution is 2.22. The predicted octanol–water partition coefficient (Wildman–Crippen LogP) is 1.05. The quantitative estimate of drug-likeness (QED) is 0.297. The van der Waals surface area contributed by atoms with Gasteiger partial charge in [0.15, 0.2) is 5.96 Å². The zero-order valence-corrected chi connectivity index (χ0v) is 15.3. The smallest absolute Gasteiger partial charge is 0.311 e. The number of ether oxygens (including phenoxy) is 1. The van der Waals surface area contributed by atoms with Crippen LogP contribution >= 0.6 is 12.4 Å². The van der Waals surface area contributed by atoms with Crippen molar-refractivity contribution in [2.75, 3.05) is 13.1 Å². The molecule has 1 saturated heterocycles. The first kappa shape index (κ1) is 21.2. The highest BCUT2D eigenvalue weighted by molar-refractivity contribution is 7.89. The summed E-state index contributed by atoms with van der Waals surface area (Å²) in [6, 6.07) is 5.41. The molecule has 2 rings (SSSR count).